The molecular formula is C25H37IrNP. The second-order valence-corrected chi connectivity index (χ2v) is 11.4. The average molecular weight is 575 g/mol. The Morgan fingerprint density at radius 2 is 1.25 bits per heavy atom. The molecule has 0 N–H and O–H groups in total. The minimum absolute atomic E-state index is 0. The van der Waals surface area contributed by atoms with Gasteiger partial charge in [-0.3, -0.25) is 0 Å². The van der Waals surface area contributed by atoms with Crippen LogP contribution in [0.3, 0.4) is 0 Å². The van der Waals surface area contributed by atoms with Gasteiger partial charge in [0, 0.05) is 31.7 Å². The van der Waals surface area contributed by atoms with Gasteiger partial charge in [-0.2, -0.15) is 0 Å². The van der Waals surface area contributed by atoms with Gasteiger partial charge in [0.15, 0.2) is 0 Å². The summed E-state index contributed by atoms with van der Waals surface area (Å²) in [5, 5.41) is 0. The fraction of sp³-hybridized carbons (Fsp3) is 0.480. The summed E-state index contributed by atoms with van der Waals surface area (Å²) in [5.41, 5.74) is 3.04. The Hall–Kier alpha value is 1.04. The summed E-state index contributed by atoms with van der Waals surface area (Å²) in [4.78, 5) is 2.27. The van der Waals surface area contributed by atoms with Crippen molar-refractivity contribution in [2.45, 2.75) is 64.7 Å². The van der Waals surface area contributed by atoms with Crippen molar-refractivity contribution >= 4 is 7.92 Å². The third-order valence-corrected chi connectivity index (χ3v) is 8.15. The molecule has 0 aliphatic heterocycles. The third kappa shape index (κ3) is 7.94. The van der Waals surface area contributed by atoms with Crippen molar-refractivity contribution in [2.24, 2.45) is 0 Å². The minimum atomic E-state index is -0.131. The van der Waals surface area contributed by atoms with Crippen LogP contribution in [0.2, 0.25) is 0 Å². The summed E-state index contributed by atoms with van der Waals surface area (Å²) in [6.07, 6.45) is 25.2. The van der Waals surface area contributed by atoms with E-state index in [0.29, 0.717) is 0 Å². The Labute approximate surface area is 192 Å². The molecule has 0 saturated heterocycles. The first-order chi connectivity index (χ1) is 12.9. The van der Waals surface area contributed by atoms with Crippen LogP contribution in [0.25, 0.3) is 0 Å². The first-order valence-electron chi connectivity index (χ1n) is 10.4. The van der Waals surface area contributed by atoms with Crippen LogP contribution in [0.15, 0.2) is 0 Å². The number of hydrogen-bond acceptors (Lipinski definition) is 1. The molecular weight excluding hydrogens is 537 g/mol. The zero-order chi connectivity index (χ0) is 19.8. The molecule has 3 rings (SSSR count). The van der Waals surface area contributed by atoms with Crippen molar-refractivity contribution in [3.8, 4) is 0 Å². The Kier molecular flexibility index (Phi) is 13.7. The molecule has 0 amide bonds. The quantitative estimate of drug-likeness (QED) is 0.348. The topological polar surface area (TPSA) is 3.24 Å². The standard InChI is InChI=1S/C17H25NP.C8H12.Ir/c1-12(2)19(13(3)4)17-15-10-8-7-9-14(15)11-16(17)18(5)6;1-2-4-6-8-7-5-3-1;/h7-13H,1-6H3;1-2,7-8H,3-6H2;. The number of nitrogens with zero attached hydrogens (tertiary/aromatic N) is 1. The van der Waals surface area contributed by atoms with Crippen molar-refractivity contribution in [3.63, 3.8) is 0 Å². The van der Waals surface area contributed by atoms with Gasteiger partial charge in [0.05, 0.1) is 6.04 Å². The summed E-state index contributed by atoms with van der Waals surface area (Å²) in [5.74, 6) is 2.84. The second-order valence-electron chi connectivity index (χ2n) is 8.05. The molecule has 0 aromatic carbocycles. The Morgan fingerprint density at radius 1 is 0.786 bits per heavy atom. The van der Waals surface area contributed by atoms with Crippen LogP contribution in [-0.2, 0) is 20.1 Å². The van der Waals surface area contributed by atoms with Crippen LogP contribution >= 0.6 is 7.92 Å². The molecule has 3 fully saturated rings. The van der Waals surface area contributed by atoms with Crippen LogP contribution in [0.5, 0.6) is 0 Å². The summed E-state index contributed by atoms with van der Waals surface area (Å²) in [7, 11) is 4.19. The normalized spacial score (nSPS) is 23.4. The summed E-state index contributed by atoms with van der Waals surface area (Å²) in [6, 6.07) is 1.41. The van der Waals surface area contributed by atoms with Crippen LogP contribution in [-0.4, -0.2) is 30.3 Å². The SMILES string of the molecule is CC(C)P([C]1[C]2[CH][CH][CH][CH][C]2[CH][C]1N(C)C)C(C)C.[CH]1[CH]CC[CH][CH]CC1.[Ir]. The molecule has 156 valence electrons. The molecule has 1 nitrogen and oxygen atoms in total. The van der Waals surface area contributed by atoms with Crippen molar-refractivity contribution in [1.82, 2.24) is 4.90 Å². The van der Waals surface area contributed by atoms with E-state index in [2.05, 4.69) is 104 Å². The second kappa shape index (κ2) is 14.2. The van der Waals surface area contributed by atoms with Gasteiger partial charge < -0.3 is 4.90 Å². The molecule has 0 unspecified atom stereocenters. The van der Waals surface area contributed by atoms with Crippen LogP contribution < -0.4 is 0 Å². The Morgan fingerprint density at radius 3 is 1.68 bits per heavy atom. The molecule has 0 bridgehead atoms. The van der Waals surface area contributed by atoms with E-state index in [4.69, 9.17) is 0 Å². The molecule has 0 atom stereocenters. The predicted molar refractivity (Wildman–Crippen MR) is 121 cm³/mol. The minimum Gasteiger partial charge on any atom is -0.301 e. The average Bonchev–Trinajstić information content (AvgIpc) is 2.94. The van der Waals surface area contributed by atoms with Crippen LogP contribution in [0, 0.1) is 81.3 Å². The van der Waals surface area contributed by atoms with Gasteiger partial charge in [-0.1, -0.05) is 35.6 Å². The van der Waals surface area contributed by atoms with Gasteiger partial charge in [0.1, 0.15) is 0 Å². The van der Waals surface area contributed by atoms with E-state index in [-0.39, 0.29) is 28.0 Å². The van der Waals surface area contributed by atoms with Crippen LogP contribution in [0.1, 0.15) is 53.4 Å². The molecule has 3 aliphatic carbocycles. The zero-order valence-corrected chi connectivity index (χ0v) is 21.7. The molecule has 14 radical (unpaired) electrons. The molecule has 0 aromatic rings. The predicted octanol–water partition coefficient (Wildman–Crippen LogP) is 6.48. The Balaban J connectivity index is 0.000000367. The number of fused-ring (bicyclic) bond motifs is 1. The molecule has 28 heavy (non-hydrogen) atoms. The van der Waals surface area contributed by atoms with E-state index in [0.717, 1.165) is 11.3 Å². The third-order valence-electron chi connectivity index (χ3n) is 4.94. The zero-order valence-electron chi connectivity index (χ0n) is 18.4. The van der Waals surface area contributed by atoms with Gasteiger partial charge in [0.2, 0.25) is 0 Å². The molecule has 0 heterocycles. The molecule has 3 aliphatic rings. The van der Waals surface area contributed by atoms with Crippen molar-refractivity contribution in [1.29, 1.82) is 0 Å². The number of rotatable bonds is 4. The summed E-state index contributed by atoms with van der Waals surface area (Å²) in [6.45, 7) is 9.47. The van der Waals surface area contributed by atoms with E-state index in [1.54, 1.807) is 5.66 Å². The molecule has 3 saturated carbocycles. The van der Waals surface area contributed by atoms with E-state index >= 15 is 0 Å². The molecule has 0 aromatic heterocycles. The van der Waals surface area contributed by atoms with Crippen molar-refractivity contribution in [3.05, 3.63) is 81.3 Å². The largest absolute Gasteiger partial charge is 0.301 e. The first-order valence-corrected chi connectivity index (χ1v) is 11.9. The first kappa shape index (κ1) is 27.1. The van der Waals surface area contributed by atoms with Gasteiger partial charge in [0.25, 0.3) is 0 Å². The van der Waals surface area contributed by atoms with Gasteiger partial charge in [-0.15, -0.1) is 0 Å². The van der Waals surface area contributed by atoms with Crippen molar-refractivity contribution < 1.29 is 20.1 Å². The van der Waals surface area contributed by atoms with E-state index in [9.17, 15) is 0 Å². The van der Waals surface area contributed by atoms with Gasteiger partial charge >= 0.3 is 0 Å². The summed E-state index contributed by atoms with van der Waals surface area (Å²) < 4.78 is 0. The van der Waals surface area contributed by atoms with Crippen LogP contribution in [0.4, 0.5) is 0 Å². The fourth-order valence-electron chi connectivity index (χ4n) is 3.77. The smallest absolute Gasteiger partial charge is 0.0549 e. The Bertz CT molecular complexity index is 364. The maximum Gasteiger partial charge on any atom is 0.0549 e. The monoisotopic (exact) mass is 575 g/mol. The van der Waals surface area contributed by atoms with E-state index in [1.807, 2.05) is 0 Å². The van der Waals surface area contributed by atoms with Crippen molar-refractivity contribution in [2.75, 3.05) is 14.1 Å². The summed E-state index contributed by atoms with van der Waals surface area (Å²) >= 11 is 0. The maximum atomic E-state index is 2.37. The van der Waals surface area contributed by atoms with E-state index in [1.165, 1.54) is 43.6 Å². The van der Waals surface area contributed by atoms with Gasteiger partial charge in [-0.05, 0) is 115 Å². The number of hydrogen-bond donors (Lipinski definition) is 0. The molecule has 0 spiro atoms. The maximum absolute atomic E-state index is 2.37. The van der Waals surface area contributed by atoms with Gasteiger partial charge in [-0.25, -0.2) is 0 Å². The fourth-order valence-corrected chi connectivity index (χ4v) is 7.01. The van der Waals surface area contributed by atoms with E-state index < -0.39 is 0 Å². The molecule has 3 heteroatoms.